The quantitative estimate of drug-likeness (QED) is 0.864. The maximum atomic E-state index is 12.2. The SMILES string of the molecule is O=C(c1ccoc1)N1CCC(CNC(=O)N2CCNC2=O)CC1. The molecular weight excluding hydrogens is 300 g/mol. The first-order valence-electron chi connectivity index (χ1n) is 7.80. The molecule has 124 valence electrons. The van der Waals surface area contributed by atoms with E-state index in [9.17, 15) is 14.4 Å². The summed E-state index contributed by atoms with van der Waals surface area (Å²) < 4.78 is 4.94. The van der Waals surface area contributed by atoms with Gasteiger partial charge in [0, 0.05) is 32.7 Å². The topological polar surface area (TPSA) is 94.9 Å². The van der Waals surface area contributed by atoms with E-state index in [1.54, 1.807) is 11.0 Å². The molecule has 1 aromatic rings. The number of urea groups is 2. The van der Waals surface area contributed by atoms with E-state index < -0.39 is 0 Å². The molecule has 0 bridgehead atoms. The van der Waals surface area contributed by atoms with Crippen LogP contribution in [0.25, 0.3) is 0 Å². The molecule has 0 aromatic carbocycles. The molecule has 0 saturated carbocycles. The monoisotopic (exact) mass is 320 g/mol. The first-order chi connectivity index (χ1) is 11.1. The fourth-order valence-corrected chi connectivity index (χ4v) is 2.90. The number of carbonyl (C=O) groups excluding carboxylic acids is 3. The minimum Gasteiger partial charge on any atom is -0.472 e. The van der Waals surface area contributed by atoms with E-state index in [-0.39, 0.29) is 18.0 Å². The van der Waals surface area contributed by atoms with Crippen molar-refractivity contribution >= 4 is 18.0 Å². The fraction of sp³-hybridized carbons (Fsp3) is 0.533. The van der Waals surface area contributed by atoms with Crippen molar-refractivity contribution < 1.29 is 18.8 Å². The van der Waals surface area contributed by atoms with Gasteiger partial charge in [0.05, 0.1) is 11.8 Å². The molecule has 2 saturated heterocycles. The number of imide groups is 1. The molecule has 3 rings (SSSR count). The summed E-state index contributed by atoms with van der Waals surface area (Å²) in [5.41, 5.74) is 0.566. The summed E-state index contributed by atoms with van der Waals surface area (Å²) in [6.07, 6.45) is 4.60. The smallest absolute Gasteiger partial charge is 0.325 e. The molecule has 5 amide bonds. The van der Waals surface area contributed by atoms with Crippen LogP contribution >= 0.6 is 0 Å². The standard InChI is InChI=1S/C15H20N4O4/c20-13(12-3-8-23-10-12)18-5-1-11(2-6-18)9-17-15(22)19-7-4-16-14(19)21/h3,8,10-11H,1-2,4-7,9H2,(H,16,21)(H,17,22). The van der Waals surface area contributed by atoms with Gasteiger partial charge in [-0.1, -0.05) is 0 Å². The minimum atomic E-state index is -0.350. The Bertz CT molecular complexity index is 578. The molecule has 0 radical (unpaired) electrons. The Morgan fingerprint density at radius 2 is 2.09 bits per heavy atom. The highest BCUT2D eigenvalue weighted by Crippen LogP contribution is 2.18. The van der Waals surface area contributed by atoms with Gasteiger partial charge in [-0.15, -0.1) is 0 Å². The number of carbonyl (C=O) groups is 3. The van der Waals surface area contributed by atoms with E-state index in [1.807, 2.05) is 0 Å². The molecule has 2 fully saturated rings. The Kier molecular flexibility index (Phi) is 4.50. The zero-order valence-electron chi connectivity index (χ0n) is 12.8. The lowest BCUT2D eigenvalue weighted by Gasteiger charge is -2.32. The van der Waals surface area contributed by atoms with Crippen LogP contribution in [0.2, 0.25) is 0 Å². The van der Waals surface area contributed by atoms with Crippen LogP contribution < -0.4 is 10.6 Å². The van der Waals surface area contributed by atoms with Crippen molar-refractivity contribution in [1.82, 2.24) is 20.4 Å². The second-order valence-electron chi connectivity index (χ2n) is 5.82. The highest BCUT2D eigenvalue weighted by atomic mass is 16.3. The average molecular weight is 320 g/mol. The summed E-state index contributed by atoms with van der Waals surface area (Å²) in [5, 5.41) is 5.40. The van der Waals surface area contributed by atoms with Crippen LogP contribution in [0.15, 0.2) is 23.0 Å². The van der Waals surface area contributed by atoms with Crippen molar-refractivity contribution in [1.29, 1.82) is 0 Å². The molecule has 2 N–H and O–H groups in total. The van der Waals surface area contributed by atoms with Gasteiger partial charge in [0.15, 0.2) is 0 Å². The van der Waals surface area contributed by atoms with E-state index >= 15 is 0 Å². The van der Waals surface area contributed by atoms with Gasteiger partial charge in [-0.05, 0) is 24.8 Å². The van der Waals surface area contributed by atoms with E-state index in [0.29, 0.717) is 44.2 Å². The third kappa shape index (κ3) is 3.46. The number of hydrogen-bond donors (Lipinski definition) is 2. The van der Waals surface area contributed by atoms with E-state index in [2.05, 4.69) is 10.6 Å². The summed E-state index contributed by atoms with van der Waals surface area (Å²) in [5.74, 6) is 0.299. The lowest BCUT2D eigenvalue weighted by atomic mass is 9.96. The molecule has 8 nitrogen and oxygen atoms in total. The Balaban J connectivity index is 1.42. The van der Waals surface area contributed by atoms with Crippen molar-refractivity contribution in [3.8, 4) is 0 Å². The molecule has 2 aliphatic heterocycles. The van der Waals surface area contributed by atoms with Gasteiger partial charge in [0.1, 0.15) is 6.26 Å². The van der Waals surface area contributed by atoms with Gasteiger partial charge in [-0.25, -0.2) is 14.5 Å². The number of hydrogen-bond acceptors (Lipinski definition) is 4. The van der Waals surface area contributed by atoms with Crippen molar-refractivity contribution in [2.75, 3.05) is 32.7 Å². The number of amides is 5. The van der Waals surface area contributed by atoms with E-state index in [1.165, 1.54) is 17.4 Å². The Morgan fingerprint density at radius 3 is 2.70 bits per heavy atom. The Hall–Kier alpha value is -2.51. The summed E-state index contributed by atoms with van der Waals surface area (Å²) in [4.78, 5) is 38.5. The summed E-state index contributed by atoms with van der Waals surface area (Å²) in [6.45, 7) is 2.75. The second-order valence-corrected chi connectivity index (χ2v) is 5.82. The van der Waals surface area contributed by atoms with Crippen LogP contribution in [0.4, 0.5) is 9.59 Å². The molecule has 8 heteroatoms. The normalized spacial score (nSPS) is 18.9. The van der Waals surface area contributed by atoms with Crippen LogP contribution in [-0.2, 0) is 0 Å². The Labute approximate surface area is 133 Å². The van der Waals surface area contributed by atoms with Gasteiger partial charge < -0.3 is 20.0 Å². The highest BCUT2D eigenvalue weighted by Gasteiger charge is 2.28. The summed E-state index contributed by atoms with van der Waals surface area (Å²) in [6, 6.07) is 0.968. The van der Waals surface area contributed by atoms with Gasteiger partial charge in [0.2, 0.25) is 0 Å². The van der Waals surface area contributed by atoms with Gasteiger partial charge in [-0.3, -0.25) is 4.79 Å². The molecule has 0 unspecified atom stereocenters. The molecule has 1 aromatic heterocycles. The van der Waals surface area contributed by atoms with Crippen molar-refractivity contribution in [3.05, 3.63) is 24.2 Å². The molecule has 23 heavy (non-hydrogen) atoms. The zero-order valence-corrected chi connectivity index (χ0v) is 12.8. The lowest BCUT2D eigenvalue weighted by molar-refractivity contribution is 0.0689. The van der Waals surface area contributed by atoms with Crippen LogP contribution in [0.1, 0.15) is 23.2 Å². The third-order valence-corrected chi connectivity index (χ3v) is 4.31. The largest absolute Gasteiger partial charge is 0.472 e. The van der Waals surface area contributed by atoms with Gasteiger partial charge >= 0.3 is 12.1 Å². The average Bonchev–Trinajstić information content (AvgIpc) is 3.24. The third-order valence-electron chi connectivity index (χ3n) is 4.31. The number of piperidine rings is 1. The van der Waals surface area contributed by atoms with Gasteiger partial charge in [-0.2, -0.15) is 0 Å². The van der Waals surface area contributed by atoms with Crippen LogP contribution in [0.3, 0.4) is 0 Å². The number of rotatable bonds is 3. The molecule has 0 aliphatic carbocycles. The molecule has 0 atom stereocenters. The molecule has 2 aliphatic rings. The van der Waals surface area contributed by atoms with Crippen molar-refractivity contribution in [3.63, 3.8) is 0 Å². The first-order valence-corrected chi connectivity index (χ1v) is 7.80. The summed E-state index contributed by atoms with van der Waals surface area (Å²) in [7, 11) is 0. The molecular formula is C15H20N4O4. The minimum absolute atomic E-state index is 0.0185. The van der Waals surface area contributed by atoms with Crippen LogP contribution in [0.5, 0.6) is 0 Å². The molecule has 0 spiro atoms. The molecule has 3 heterocycles. The second kappa shape index (κ2) is 6.72. The van der Waals surface area contributed by atoms with Crippen LogP contribution in [-0.4, -0.2) is 60.5 Å². The number of likely N-dealkylation sites (tertiary alicyclic amines) is 1. The predicted octanol–water partition coefficient (Wildman–Crippen LogP) is 0.867. The van der Waals surface area contributed by atoms with Crippen molar-refractivity contribution in [2.24, 2.45) is 5.92 Å². The lowest BCUT2D eigenvalue weighted by Crippen LogP contribution is -2.45. The van der Waals surface area contributed by atoms with Gasteiger partial charge in [0.25, 0.3) is 5.91 Å². The first kappa shape index (κ1) is 15.4. The fourth-order valence-electron chi connectivity index (χ4n) is 2.90. The Morgan fingerprint density at radius 1 is 1.30 bits per heavy atom. The number of furan rings is 1. The van der Waals surface area contributed by atoms with Crippen LogP contribution in [0, 0.1) is 5.92 Å². The van der Waals surface area contributed by atoms with E-state index in [0.717, 1.165) is 12.8 Å². The maximum Gasteiger partial charge on any atom is 0.325 e. The predicted molar refractivity (Wildman–Crippen MR) is 80.8 cm³/mol. The van der Waals surface area contributed by atoms with Crippen molar-refractivity contribution in [2.45, 2.75) is 12.8 Å². The number of nitrogens with zero attached hydrogens (tertiary/aromatic N) is 2. The van der Waals surface area contributed by atoms with E-state index in [4.69, 9.17) is 4.42 Å². The zero-order chi connectivity index (χ0) is 16.2. The number of nitrogens with one attached hydrogen (secondary N) is 2. The highest BCUT2D eigenvalue weighted by molar-refractivity contribution is 5.95. The maximum absolute atomic E-state index is 12.2. The summed E-state index contributed by atoms with van der Waals surface area (Å²) >= 11 is 0.